The molecule has 1 aromatic heterocycles. The van der Waals surface area contributed by atoms with E-state index in [0.29, 0.717) is 26.3 Å². The molecule has 0 unspecified atom stereocenters. The van der Waals surface area contributed by atoms with Crippen molar-refractivity contribution in [1.29, 1.82) is 0 Å². The molecular weight excluding hydrogens is 260 g/mol. The van der Waals surface area contributed by atoms with Gasteiger partial charge in [-0.25, -0.2) is 4.79 Å². The van der Waals surface area contributed by atoms with Crippen molar-refractivity contribution in [3.8, 4) is 0 Å². The molecule has 1 atom stereocenters. The first kappa shape index (κ1) is 14.9. The first-order valence-electron chi connectivity index (χ1n) is 6.96. The van der Waals surface area contributed by atoms with Gasteiger partial charge in [-0.1, -0.05) is 0 Å². The predicted molar refractivity (Wildman–Crippen MR) is 73.4 cm³/mol. The van der Waals surface area contributed by atoms with Crippen molar-refractivity contribution < 1.29 is 18.7 Å². The Labute approximate surface area is 119 Å². The Kier molecular flexibility index (Phi) is 5.88. The van der Waals surface area contributed by atoms with Gasteiger partial charge in [0.15, 0.2) is 0 Å². The van der Waals surface area contributed by atoms with Crippen LogP contribution in [0.2, 0.25) is 0 Å². The third-order valence-electron chi connectivity index (χ3n) is 3.17. The molecule has 0 aromatic carbocycles. The van der Waals surface area contributed by atoms with E-state index in [0.717, 1.165) is 25.2 Å². The molecule has 1 aliphatic heterocycles. The van der Waals surface area contributed by atoms with Crippen LogP contribution in [0.1, 0.15) is 18.6 Å². The monoisotopic (exact) mass is 282 g/mol. The van der Waals surface area contributed by atoms with E-state index in [9.17, 15) is 4.79 Å². The number of nitrogens with zero attached hydrogens (tertiary/aromatic N) is 1. The number of carbonyl (C=O) groups excluding carboxylic acids is 1. The first-order valence-corrected chi connectivity index (χ1v) is 6.96. The molecule has 1 aliphatic rings. The average Bonchev–Trinajstić information content (AvgIpc) is 3.11. The maximum Gasteiger partial charge on any atom is 0.317 e. The molecule has 1 saturated heterocycles. The molecule has 2 amide bonds. The summed E-state index contributed by atoms with van der Waals surface area (Å²) in [5.41, 5.74) is 0. The zero-order chi connectivity index (χ0) is 14.2. The van der Waals surface area contributed by atoms with Crippen molar-refractivity contribution in [3.63, 3.8) is 0 Å². The Hall–Kier alpha value is -1.53. The van der Waals surface area contributed by atoms with Gasteiger partial charge in [-0.15, -0.1) is 0 Å². The van der Waals surface area contributed by atoms with Gasteiger partial charge >= 0.3 is 6.03 Å². The molecule has 1 aromatic rings. The summed E-state index contributed by atoms with van der Waals surface area (Å²) < 4.78 is 16.1. The number of rotatable bonds is 7. The standard InChI is InChI=1S/C14H22N2O4/c1-16(10-12-4-2-7-19-12)14(17)15-6-9-18-11-13-5-3-8-20-13/h2,4,7,13H,3,5-6,8-11H2,1H3,(H,15,17)/t13-/m1/s1. The lowest BCUT2D eigenvalue weighted by atomic mass is 10.2. The summed E-state index contributed by atoms with van der Waals surface area (Å²) in [6.07, 6.45) is 4.01. The fourth-order valence-electron chi connectivity index (χ4n) is 2.06. The van der Waals surface area contributed by atoms with Gasteiger partial charge in [0.05, 0.1) is 32.1 Å². The number of amides is 2. The topological polar surface area (TPSA) is 63.9 Å². The van der Waals surface area contributed by atoms with E-state index in [1.807, 2.05) is 6.07 Å². The zero-order valence-electron chi connectivity index (χ0n) is 11.8. The third-order valence-corrected chi connectivity index (χ3v) is 3.17. The van der Waals surface area contributed by atoms with Gasteiger partial charge in [-0.3, -0.25) is 0 Å². The SMILES string of the molecule is CN(Cc1ccco1)C(=O)NCCOC[C@H]1CCCO1. The van der Waals surface area contributed by atoms with Crippen molar-refractivity contribution in [1.82, 2.24) is 10.2 Å². The van der Waals surface area contributed by atoms with Crippen molar-refractivity contribution in [3.05, 3.63) is 24.2 Å². The molecule has 0 spiro atoms. The second-order valence-corrected chi connectivity index (χ2v) is 4.88. The predicted octanol–water partition coefficient (Wildman–Crippen LogP) is 1.62. The van der Waals surface area contributed by atoms with Gasteiger partial charge in [0, 0.05) is 20.2 Å². The summed E-state index contributed by atoms with van der Waals surface area (Å²) in [4.78, 5) is 13.3. The maximum absolute atomic E-state index is 11.8. The molecule has 2 heterocycles. The third kappa shape index (κ3) is 4.86. The molecule has 6 nitrogen and oxygen atoms in total. The van der Waals surface area contributed by atoms with E-state index in [4.69, 9.17) is 13.9 Å². The highest BCUT2D eigenvalue weighted by Crippen LogP contribution is 2.11. The van der Waals surface area contributed by atoms with Crippen LogP contribution in [0.25, 0.3) is 0 Å². The van der Waals surface area contributed by atoms with Crippen LogP contribution in [0.5, 0.6) is 0 Å². The van der Waals surface area contributed by atoms with Crippen LogP contribution in [-0.2, 0) is 16.0 Å². The van der Waals surface area contributed by atoms with Crippen LogP contribution in [0, 0.1) is 0 Å². The van der Waals surface area contributed by atoms with Crippen molar-refractivity contribution in [2.45, 2.75) is 25.5 Å². The smallest absolute Gasteiger partial charge is 0.317 e. The summed E-state index contributed by atoms with van der Waals surface area (Å²) in [6, 6.07) is 3.51. The second-order valence-electron chi connectivity index (χ2n) is 4.88. The van der Waals surface area contributed by atoms with Crippen LogP contribution in [0.15, 0.2) is 22.8 Å². The molecule has 0 bridgehead atoms. The van der Waals surface area contributed by atoms with E-state index >= 15 is 0 Å². The molecular formula is C14H22N2O4. The molecule has 0 aliphatic carbocycles. The van der Waals surface area contributed by atoms with Gasteiger partial charge in [0.2, 0.25) is 0 Å². The van der Waals surface area contributed by atoms with Gasteiger partial charge in [-0.05, 0) is 25.0 Å². The minimum absolute atomic E-state index is 0.137. The molecule has 0 radical (unpaired) electrons. The van der Waals surface area contributed by atoms with Crippen LogP contribution in [-0.4, -0.2) is 50.4 Å². The van der Waals surface area contributed by atoms with Gasteiger partial charge in [0.25, 0.3) is 0 Å². The Morgan fingerprint density at radius 3 is 3.20 bits per heavy atom. The van der Waals surface area contributed by atoms with E-state index in [1.54, 1.807) is 24.3 Å². The fraction of sp³-hybridized carbons (Fsp3) is 0.643. The second kappa shape index (κ2) is 7.91. The number of nitrogens with one attached hydrogen (secondary N) is 1. The molecule has 0 saturated carbocycles. The summed E-state index contributed by atoms with van der Waals surface area (Å²) >= 11 is 0. The van der Waals surface area contributed by atoms with Crippen molar-refractivity contribution >= 4 is 6.03 Å². The number of ether oxygens (including phenoxy) is 2. The Balaban J connectivity index is 1.53. The summed E-state index contributed by atoms with van der Waals surface area (Å²) in [5.74, 6) is 0.761. The van der Waals surface area contributed by atoms with Crippen LogP contribution >= 0.6 is 0 Å². The van der Waals surface area contributed by atoms with Crippen LogP contribution < -0.4 is 5.32 Å². The van der Waals surface area contributed by atoms with E-state index < -0.39 is 0 Å². The highest BCUT2D eigenvalue weighted by Gasteiger charge is 2.15. The zero-order valence-corrected chi connectivity index (χ0v) is 11.8. The molecule has 1 fully saturated rings. The highest BCUT2D eigenvalue weighted by atomic mass is 16.5. The number of hydrogen-bond donors (Lipinski definition) is 1. The number of furan rings is 1. The van der Waals surface area contributed by atoms with Gasteiger partial charge in [0.1, 0.15) is 5.76 Å². The first-order chi connectivity index (χ1) is 9.75. The Bertz CT molecular complexity index is 388. The Morgan fingerprint density at radius 2 is 2.50 bits per heavy atom. The van der Waals surface area contributed by atoms with E-state index in [-0.39, 0.29) is 12.1 Å². The molecule has 20 heavy (non-hydrogen) atoms. The summed E-state index contributed by atoms with van der Waals surface area (Å²) in [5, 5.41) is 2.80. The fourth-order valence-corrected chi connectivity index (χ4v) is 2.06. The van der Waals surface area contributed by atoms with Crippen LogP contribution in [0.3, 0.4) is 0 Å². The van der Waals surface area contributed by atoms with Crippen LogP contribution in [0.4, 0.5) is 4.79 Å². The average molecular weight is 282 g/mol. The van der Waals surface area contributed by atoms with Gasteiger partial charge in [-0.2, -0.15) is 0 Å². The lowest BCUT2D eigenvalue weighted by molar-refractivity contribution is 0.0186. The Morgan fingerprint density at radius 1 is 1.60 bits per heavy atom. The number of urea groups is 1. The minimum Gasteiger partial charge on any atom is -0.467 e. The lowest BCUT2D eigenvalue weighted by Gasteiger charge is -2.17. The van der Waals surface area contributed by atoms with E-state index in [1.165, 1.54) is 0 Å². The largest absolute Gasteiger partial charge is 0.467 e. The quantitative estimate of drug-likeness (QED) is 0.772. The lowest BCUT2D eigenvalue weighted by Crippen LogP contribution is -2.38. The van der Waals surface area contributed by atoms with Crippen molar-refractivity contribution in [2.24, 2.45) is 0 Å². The number of hydrogen-bond acceptors (Lipinski definition) is 4. The molecule has 2 rings (SSSR count). The van der Waals surface area contributed by atoms with Crippen molar-refractivity contribution in [2.75, 3.05) is 33.4 Å². The van der Waals surface area contributed by atoms with Gasteiger partial charge < -0.3 is 24.1 Å². The summed E-state index contributed by atoms with van der Waals surface area (Å²) in [6.45, 7) is 2.89. The molecule has 1 N–H and O–H groups in total. The normalized spacial score (nSPS) is 18.1. The highest BCUT2D eigenvalue weighted by molar-refractivity contribution is 5.73. The maximum atomic E-state index is 11.8. The summed E-state index contributed by atoms with van der Waals surface area (Å²) in [7, 11) is 1.73. The molecule has 112 valence electrons. The van der Waals surface area contributed by atoms with E-state index in [2.05, 4.69) is 5.32 Å². The number of carbonyl (C=O) groups is 1. The molecule has 6 heteroatoms. The minimum atomic E-state index is -0.137.